The largest absolute Gasteiger partial charge is 0.450 e. The predicted molar refractivity (Wildman–Crippen MR) is 95.2 cm³/mol. The van der Waals surface area contributed by atoms with Crippen molar-refractivity contribution in [1.29, 1.82) is 0 Å². The van der Waals surface area contributed by atoms with Crippen LogP contribution in [-0.4, -0.2) is 36.2 Å². The number of nitrogens with zero attached hydrogens (tertiary/aromatic N) is 2. The second kappa shape index (κ2) is 8.12. The molecule has 0 radical (unpaired) electrons. The van der Waals surface area contributed by atoms with Crippen LogP contribution in [0.3, 0.4) is 0 Å². The fourth-order valence-corrected chi connectivity index (χ4v) is 2.55. The third-order valence-corrected chi connectivity index (χ3v) is 3.99. The SMILES string of the molecule is CCOC(=O)NC(=S)Nc1cc(-c2cncc(S(N)(=O)=O)c2)cc(F)n1. The predicted octanol–water partition coefficient (Wildman–Crippen LogP) is 1.37. The summed E-state index contributed by atoms with van der Waals surface area (Å²) in [7, 11) is -3.96. The van der Waals surface area contributed by atoms with Crippen molar-refractivity contribution in [1.82, 2.24) is 15.3 Å². The van der Waals surface area contributed by atoms with Crippen molar-refractivity contribution in [3.8, 4) is 11.1 Å². The van der Waals surface area contributed by atoms with E-state index in [9.17, 15) is 17.6 Å². The fraction of sp³-hybridized carbons (Fsp3) is 0.143. The Bertz CT molecular complexity index is 952. The molecule has 0 aliphatic carbocycles. The van der Waals surface area contributed by atoms with Crippen LogP contribution >= 0.6 is 12.2 Å². The van der Waals surface area contributed by atoms with Gasteiger partial charge in [0.1, 0.15) is 10.7 Å². The maximum absolute atomic E-state index is 13.8. The first-order chi connectivity index (χ1) is 12.2. The van der Waals surface area contributed by atoms with E-state index in [4.69, 9.17) is 17.4 Å². The summed E-state index contributed by atoms with van der Waals surface area (Å²) < 4.78 is 41.3. The van der Waals surface area contributed by atoms with E-state index in [1.165, 1.54) is 18.3 Å². The zero-order chi connectivity index (χ0) is 19.3. The van der Waals surface area contributed by atoms with Crippen molar-refractivity contribution in [2.24, 2.45) is 5.14 Å². The van der Waals surface area contributed by atoms with E-state index in [1.807, 2.05) is 0 Å². The second-order valence-corrected chi connectivity index (χ2v) is 6.79. The number of primary sulfonamides is 1. The first-order valence-corrected chi connectivity index (χ1v) is 9.05. The van der Waals surface area contributed by atoms with Crippen molar-refractivity contribution in [2.75, 3.05) is 11.9 Å². The molecule has 2 rings (SSSR count). The summed E-state index contributed by atoms with van der Waals surface area (Å²) in [6, 6.07) is 3.72. The molecule has 2 aromatic heterocycles. The van der Waals surface area contributed by atoms with Crippen LogP contribution in [-0.2, 0) is 14.8 Å². The highest BCUT2D eigenvalue weighted by molar-refractivity contribution is 7.89. The minimum Gasteiger partial charge on any atom is -0.450 e. The number of aromatic nitrogens is 2. The molecule has 138 valence electrons. The molecule has 26 heavy (non-hydrogen) atoms. The molecule has 4 N–H and O–H groups in total. The van der Waals surface area contributed by atoms with Gasteiger partial charge in [-0.25, -0.2) is 23.3 Å². The molecular formula is C14H14FN5O4S2. The number of pyridine rings is 2. The number of alkyl carbamates (subject to hydrolysis) is 1. The minimum absolute atomic E-state index is 0.0113. The van der Waals surface area contributed by atoms with Crippen LogP contribution in [0.1, 0.15) is 6.92 Å². The lowest BCUT2D eigenvalue weighted by atomic mass is 10.1. The molecule has 1 amide bonds. The van der Waals surface area contributed by atoms with Gasteiger partial charge in [0.2, 0.25) is 16.0 Å². The molecule has 0 unspecified atom stereocenters. The number of halogens is 1. The van der Waals surface area contributed by atoms with Crippen molar-refractivity contribution in [3.63, 3.8) is 0 Å². The van der Waals surface area contributed by atoms with E-state index >= 15 is 0 Å². The zero-order valence-corrected chi connectivity index (χ0v) is 15.0. The van der Waals surface area contributed by atoms with E-state index in [0.29, 0.717) is 5.56 Å². The third-order valence-electron chi connectivity index (χ3n) is 2.90. The van der Waals surface area contributed by atoms with Gasteiger partial charge in [0.25, 0.3) is 0 Å². The molecule has 0 aliphatic rings. The first kappa shape index (κ1) is 19.6. The highest BCUT2D eigenvalue weighted by Crippen LogP contribution is 2.23. The summed E-state index contributed by atoms with van der Waals surface area (Å²) in [5.41, 5.74) is 0.571. The summed E-state index contributed by atoms with van der Waals surface area (Å²) in [5.74, 6) is -0.868. The maximum Gasteiger partial charge on any atom is 0.413 e. The summed E-state index contributed by atoms with van der Waals surface area (Å²) in [6.07, 6.45) is 1.64. The molecule has 0 saturated heterocycles. The lowest BCUT2D eigenvalue weighted by Gasteiger charge is -2.10. The molecule has 9 nitrogen and oxygen atoms in total. The number of carbonyl (C=O) groups excluding carboxylic acids is 1. The van der Waals surface area contributed by atoms with Crippen LogP contribution in [0.4, 0.5) is 15.0 Å². The van der Waals surface area contributed by atoms with E-state index < -0.39 is 22.1 Å². The molecule has 0 aromatic carbocycles. The minimum atomic E-state index is -3.96. The summed E-state index contributed by atoms with van der Waals surface area (Å²) in [4.78, 5) is 18.5. The number of nitrogens with two attached hydrogens (primary N) is 1. The number of rotatable bonds is 4. The van der Waals surface area contributed by atoms with Crippen LogP contribution in [0.25, 0.3) is 11.1 Å². The number of sulfonamides is 1. The van der Waals surface area contributed by atoms with Gasteiger partial charge in [-0.05, 0) is 36.8 Å². The second-order valence-electron chi connectivity index (χ2n) is 4.82. The molecule has 2 aromatic rings. The molecule has 0 aliphatic heterocycles. The zero-order valence-electron chi connectivity index (χ0n) is 13.4. The first-order valence-electron chi connectivity index (χ1n) is 7.09. The summed E-state index contributed by atoms with van der Waals surface area (Å²) >= 11 is 4.91. The molecule has 2 heterocycles. The molecule has 0 fully saturated rings. The van der Waals surface area contributed by atoms with Gasteiger partial charge in [0, 0.05) is 24.0 Å². The quantitative estimate of drug-likeness (QED) is 0.518. The Morgan fingerprint density at radius 3 is 2.69 bits per heavy atom. The normalized spacial score (nSPS) is 10.9. The van der Waals surface area contributed by atoms with E-state index in [0.717, 1.165) is 12.3 Å². The van der Waals surface area contributed by atoms with Crippen LogP contribution in [0.5, 0.6) is 0 Å². The van der Waals surface area contributed by atoms with Gasteiger partial charge in [-0.3, -0.25) is 10.3 Å². The van der Waals surface area contributed by atoms with E-state index in [-0.39, 0.29) is 28.0 Å². The van der Waals surface area contributed by atoms with Crippen molar-refractivity contribution >= 4 is 39.3 Å². The molecule has 0 bridgehead atoms. The number of hydrogen-bond acceptors (Lipinski definition) is 7. The van der Waals surface area contributed by atoms with Crippen LogP contribution in [0.2, 0.25) is 0 Å². The summed E-state index contributed by atoms with van der Waals surface area (Å²) in [6.45, 7) is 1.78. The number of hydrogen-bond donors (Lipinski definition) is 3. The standard InChI is InChI=1S/C14H14FN5O4S2/c1-2-24-14(21)20-13(25)19-12-5-8(4-11(15)18-12)9-3-10(7-17-6-9)26(16,22)23/h3-7H,2H2,1H3,(H2,16,22,23)(H2,18,19,20,21,25). The maximum atomic E-state index is 13.8. The summed E-state index contributed by atoms with van der Waals surface area (Å²) in [5, 5.41) is 9.67. The van der Waals surface area contributed by atoms with Crippen molar-refractivity contribution in [3.05, 3.63) is 36.5 Å². The lowest BCUT2D eigenvalue weighted by molar-refractivity contribution is 0.158. The van der Waals surface area contributed by atoms with Gasteiger partial charge < -0.3 is 10.1 Å². The van der Waals surface area contributed by atoms with Gasteiger partial charge in [-0.2, -0.15) is 4.39 Å². The Morgan fingerprint density at radius 1 is 1.31 bits per heavy atom. The number of thiocarbonyl (C=S) groups is 1. The number of ether oxygens (including phenoxy) is 1. The third kappa shape index (κ3) is 5.40. The molecule has 0 atom stereocenters. The number of anilines is 1. The van der Waals surface area contributed by atoms with Crippen LogP contribution < -0.4 is 15.8 Å². The molecule has 12 heteroatoms. The van der Waals surface area contributed by atoms with Crippen LogP contribution in [0.15, 0.2) is 35.5 Å². The van der Waals surface area contributed by atoms with Gasteiger partial charge in [0.05, 0.1) is 6.61 Å². The Kier molecular flexibility index (Phi) is 6.13. The fourth-order valence-electron chi connectivity index (χ4n) is 1.87. The van der Waals surface area contributed by atoms with E-state index in [1.54, 1.807) is 6.92 Å². The average molecular weight is 399 g/mol. The highest BCUT2D eigenvalue weighted by Gasteiger charge is 2.12. The number of amides is 1. The highest BCUT2D eigenvalue weighted by atomic mass is 32.2. The Morgan fingerprint density at radius 2 is 2.04 bits per heavy atom. The Labute approximate surface area is 153 Å². The van der Waals surface area contributed by atoms with Gasteiger partial charge in [0.15, 0.2) is 5.11 Å². The topological polar surface area (TPSA) is 136 Å². The Hall–Kier alpha value is -2.70. The Balaban J connectivity index is 2.28. The molecule has 0 spiro atoms. The smallest absolute Gasteiger partial charge is 0.413 e. The average Bonchev–Trinajstić information content (AvgIpc) is 2.53. The molecular weight excluding hydrogens is 385 g/mol. The van der Waals surface area contributed by atoms with Crippen molar-refractivity contribution < 1.29 is 22.3 Å². The molecule has 0 saturated carbocycles. The van der Waals surface area contributed by atoms with Crippen molar-refractivity contribution in [2.45, 2.75) is 11.8 Å². The van der Waals surface area contributed by atoms with Gasteiger partial charge in [-0.1, -0.05) is 0 Å². The monoisotopic (exact) mass is 399 g/mol. The number of carbonyl (C=O) groups is 1. The van der Waals surface area contributed by atoms with Gasteiger partial charge >= 0.3 is 6.09 Å². The van der Waals surface area contributed by atoms with Crippen LogP contribution in [0, 0.1) is 5.95 Å². The van der Waals surface area contributed by atoms with Gasteiger partial charge in [-0.15, -0.1) is 0 Å². The number of nitrogens with one attached hydrogen (secondary N) is 2. The van der Waals surface area contributed by atoms with E-state index in [2.05, 4.69) is 25.3 Å². The lowest BCUT2D eigenvalue weighted by Crippen LogP contribution is -2.34.